The third-order valence-electron chi connectivity index (χ3n) is 5.67. The first kappa shape index (κ1) is 21.5. The van der Waals surface area contributed by atoms with Crippen molar-refractivity contribution < 1.29 is 0 Å². The lowest BCUT2D eigenvalue weighted by atomic mass is 9.94. The number of aromatic nitrogens is 1. The van der Waals surface area contributed by atoms with E-state index in [2.05, 4.69) is 25.5 Å². The number of nitrogens with one attached hydrogen (secondary N) is 3. The van der Waals surface area contributed by atoms with Crippen LogP contribution in [0.1, 0.15) is 22.3 Å². The Morgan fingerprint density at radius 3 is 2.59 bits per heavy atom. The smallest absolute Gasteiger partial charge is 0.128 e. The first-order valence-corrected chi connectivity index (χ1v) is 10.8. The third-order valence-corrected chi connectivity index (χ3v) is 5.67. The minimum atomic E-state index is 0.392. The number of piperazine rings is 1. The summed E-state index contributed by atoms with van der Waals surface area (Å²) in [6.07, 6.45) is 3.56. The summed E-state index contributed by atoms with van der Waals surface area (Å²) in [6, 6.07) is 15.7. The summed E-state index contributed by atoms with van der Waals surface area (Å²) in [5, 5.41) is 15.8. The van der Waals surface area contributed by atoms with Crippen molar-refractivity contribution in [1.29, 1.82) is 5.41 Å². The van der Waals surface area contributed by atoms with Gasteiger partial charge in [-0.05, 0) is 30.7 Å². The minimum Gasteiger partial charge on any atom is -0.398 e. The van der Waals surface area contributed by atoms with Gasteiger partial charge in [0, 0.05) is 61.8 Å². The average molecular weight is 428 g/mol. The maximum absolute atomic E-state index is 8.97. The van der Waals surface area contributed by atoms with Gasteiger partial charge in [-0.1, -0.05) is 30.3 Å². The van der Waals surface area contributed by atoms with E-state index in [1.807, 2.05) is 61.7 Å². The highest BCUT2D eigenvalue weighted by atomic mass is 15.2. The topological polar surface area (TPSA) is 102 Å². The van der Waals surface area contributed by atoms with E-state index in [0.29, 0.717) is 11.4 Å². The minimum absolute atomic E-state index is 0.392. The summed E-state index contributed by atoms with van der Waals surface area (Å²) in [5.74, 6) is 0.984. The van der Waals surface area contributed by atoms with E-state index in [9.17, 15) is 0 Å². The SMILES string of the molecule is CN=Cc1c(N)cccc1C(=N)c1cccc(C)c1Nc1ccc(N2CCNCC2)nc1. The summed E-state index contributed by atoms with van der Waals surface area (Å²) >= 11 is 0. The van der Waals surface area contributed by atoms with Crippen LogP contribution in [0.5, 0.6) is 0 Å². The maximum atomic E-state index is 8.97. The van der Waals surface area contributed by atoms with Crippen LogP contribution in [0, 0.1) is 12.3 Å². The van der Waals surface area contributed by atoms with Gasteiger partial charge in [0.15, 0.2) is 0 Å². The fourth-order valence-corrected chi connectivity index (χ4v) is 3.95. The molecule has 0 aliphatic carbocycles. The van der Waals surface area contributed by atoms with Crippen LogP contribution in [0.4, 0.5) is 22.9 Å². The molecule has 7 nitrogen and oxygen atoms in total. The zero-order chi connectivity index (χ0) is 22.5. The number of nitrogens with two attached hydrogens (primary N) is 1. The second-order valence-corrected chi connectivity index (χ2v) is 7.84. The van der Waals surface area contributed by atoms with Crippen molar-refractivity contribution in [3.63, 3.8) is 0 Å². The molecular formula is C25H29N7. The molecule has 0 amide bonds. The molecule has 0 unspecified atom stereocenters. The summed E-state index contributed by atoms with van der Waals surface area (Å²) < 4.78 is 0. The van der Waals surface area contributed by atoms with Gasteiger partial charge < -0.3 is 21.3 Å². The Kier molecular flexibility index (Phi) is 6.47. The number of benzene rings is 2. The highest BCUT2D eigenvalue weighted by Crippen LogP contribution is 2.29. The maximum Gasteiger partial charge on any atom is 0.128 e. The number of aliphatic imine (C=N–C) groups is 1. The van der Waals surface area contributed by atoms with Gasteiger partial charge in [0.1, 0.15) is 5.82 Å². The predicted octanol–water partition coefficient (Wildman–Crippen LogP) is 3.59. The van der Waals surface area contributed by atoms with Crippen LogP contribution in [0.15, 0.2) is 59.7 Å². The van der Waals surface area contributed by atoms with Gasteiger partial charge in [0.2, 0.25) is 0 Å². The van der Waals surface area contributed by atoms with Crippen LogP contribution in [0.3, 0.4) is 0 Å². The van der Waals surface area contributed by atoms with Crippen molar-refractivity contribution in [3.05, 3.63) is 77.0 Å². The van der Waals surface area contributed by atoms with E-state index in [4.69, 9.17) is 11.1 Å². The molecule has 1 aliphatic rings. The average Bonchev–Trinajstić information content (AvgIpc) is 2.82. The molecule has 1 fully saturated rings. The van der Waals surface area contributed by atoms with Crippen LogP contribution < -0.4 is 21.3 Å². The molecule has 0 radical (unpaired) electrons. The number of rotatable bonds is 6. The lowest BCUT2D eigenvalue weighted by Crippen LogP contribution is -2.43. The number of hydrogen-bond acceptors (Lipinski definition) is 7. The molecule has 1 aliphatic heterocycles. The van der Waals surface area contributed by atoms with Gasteiger partial charge in [-0.15, -0.1) is 0 Å². The number of hydrogen-bond donors (Lipinski definition) is 4. The molecule has 164 valence electrons. The number of pyridine rings is 1. The van der Waals surface area contributed by atoms with Crippen LogP contribution in [0.25, 0.3) is 0 Å². The van der Waals surface area contributed by atoms with E-state index in [1.165, 1.54) is 0 Å². The van der Waals surface area contributed by atoms with Crippen molar-refractivity contribution >= 4 is 34.8 Å². The van der Waals surface area contributed by atoms with E-state index >= 15 is 0 Å². The molecule has 2 heterocycles. The molecule has 0 spiro atoms. The first-order chi connectivity index (χ1) is 15.6. The Morgan fingerprint density at radius 2 is 1.88 bits per heavy atom. The molecule has 7 heteroatoms. The predicted molar refractivity (Wildman–Crippen MR) is 134 cm³/mol. The fraction of sp³-hybridized carbons (Fsp3) is 0.240. The molecule has 5 N–H and O–H groups in total. The molecule has 1 saturated heterocycles. The monoisotopic (exact) mass is 427 g/mol. The van der Waals surface area contributed by atoms with Gasteiger partial charge in [0.05, 0.1) is 23.3 Å². The zero-order valence-corrected chi connectivity index (χ0v) is 18.5. The summed E-state index contributed by atoms with van der Waals surface area (Å²) in [7, 11) is 1.70. The molecular weight excluding hydrogens is 398 g/mol. The van der Waals surface area contributed by atoms with E-state index in [-0.39, 0.29) is 0 Å². The fourth-order valence-electron chi connectivity index (χ4n) is 3.95. The highest BCUT2D eigenvalue weighted by Gasteiger charge is 2.17. The van der Waals surface area contributed by atoms with Crippen LogP contribution in [0.2, 0.25) is 0 Å². The Morgan fingerprint density at radius 1 is 1.12 bits per heavy atom. The quantitative estimate of drug-likeness (QED) is 0.356. The van der Waals surface area contributed by atoms with Crippen molar-refractivity contribution in [3.8, 4) is 0 Å². The van der Waals surface area contributed by atoms with Gasteiger partial charge in [-0.25, -0.2) is 4.98 Å². The highest BCUT2D eigenvalue weighted by molar-refractivity contribution is 6.18. The molecule has 0 atom stereocenters. The van der Waals surface area contributed by atoms with Gasteiger partial charge in [-0.2, -0.15) is 0 Å². The van der Waals surface area contributed by atoms with E-state index in [1.54, 1.807) is 13.3 Å². The number of anilines is 4. The molecule has 0 bridgehead atoms. The molecule has 3 aromatic rings. The van der Waals surface area contributed by atoms with Crippen LogP contribution >= 0.6 is 0 Å². The second kappa shape index (κ2) is 9.62. The second-order valence-electron chi connectivity index (χ2n) is 7.84. The third kappa shape index (κ3) is 4.48. The Hall–Kier alpha value is -3.71. The number of nitrogen functional groups attached to an aromatic ring is 1. The number of nitrogens with zero attached hydrogens (tertiary/aromatic N) is 3. The standard InChI is InChI=1S/C25H29N7/c1-17-5-3-7-20(24(27)19-6-4-8-22(26)21(19)16-28-2)25(17)31-18-9-10-23(30-15-18)32-13-11-29-12-14-32/h3-10,15-16,27,29,31H,11-14,26H2,1-2H3. The lowest BCUT2D eigenvalue weighted by molar-refractivity contribution is 0.585. The van der Waals surface area contributed by atoms with E-state index in [0.717, 1.165) is 65.6 Å². The Bertz CT molecular complexity index is 1130. The Labute approximate surface area is 188 Å². The van der Waals surface area contributed by atoms with Gasteiger partial charge >= 0.3 is 0 Å². The summed E-state index contributed by atoms with van der Waals surface area (Å²) in [5.41, 5.74) is 12.3. The Balaban J connectivity index is 1.64. The molecule has 32 heavy (non-hydrogen) atoms. The summed E-state index contributed by atoms with van der Waals surface area (Å²) in [6.45, 7) is 5.91. The molecule has 1 aromatic heterocycles. The van der Waals surface area contributed by atoms with Crippen molar-refractivity contribution in [2.24, 2.45) is 4.99 Å². The van der Waals surface area contributed by atoms with Crippen molar-refractivity contribution in [1.82, 2.24) is 10.3 Å². The van der Waals surface area contributed by atoms with Crippen LogP contribution in [-0.2, 0) is 0 Å². The van der Waals surface area contributed by atoms with Crippen molar-refractivity contribution in [2.45, 2.75) is 6.92 Å². The molecule has 2 aromatic carbocycles. The first-order valence-electron chi connectivity index (χ1n) is 10.8. The summed E-state index contributed by atoms with van der Waals surface area (Å²) in [4.78, 5) is 11.1. The van der Waals surface area contributed by atoms with Crippen molar-refractivity contribution in [2.75, 3.05) is 49.2 Å². The molecule has 4 rings (SSSR count). The van der Waals surface area contributed by atoms with Gasteiger partial charge in [-0.3, -0.25) is 10.4 Å². The lowest BCUT2D eigenvalue weighted by Gasteiger charge is -2.28. The normalized spacial score (nSPS) is 14.0. The van der Waals surface area contributed by atoms with Crippen LogP contribution in [-0.4, -0.2) is 50.1 Å². The number of aryl methyl sites for hydroxylation is 1. The van der Waals surface area contributed by atoms with E-state index < -0.39 is 0 Å². The largest absolute Gasteiger partial charge is 0.398 e. The molecule has 0 saturated carbocycles. The number of para-hydroxylation sites is 1. The zero-order valence-electron chi connectivity index (χ0n) is 18.5. The van der Waals surface area contributed by atoms with Gasteiger partial charge in [0.25, 0.3) is 0 Å².